The van der Waals surface area contributed by atoms with Crippen LogP contribution in [0.25, 0.3) is 10.2 Å². The number of hydrogen-bond donors (Lipinski definition) is 0. The van der Waals surface area contributed by atoms with E-state index in [0.717, 1.165) is 5.39 Å². The lowest BCUT2D eigenvalue weighted by Crippen LogP contribution is -2.13. The van der Waals surface area contributed by atoms with Crippen LogP contribution in [0.4, 0.5) is 13.2 Å². The average Bonchev–Trinajstić information content (AvgIpc) is 2.47. The van der Waals surface area contributed by atoms with E-state index in [4.69, 9.17) is 0 Å². The molecule has 14 heavy (non-hydrogen) atoms. The van der Waals surface area contributed by atoms with Gasteiger partial charge in [0.2, 0.25) is 0 Å². The van der Waals surface area contributed by atoms with Crippen molar-refractivity contribution >= 4 is 21.6 Å². The minimum atomic E-state index is -4.25. The minimum absolute atomic E-state index is 0.174. The van der Waals surface area contributed by atoms with Gasteiger partial charge < -0.3 is 0 Å². The number of aromatic nitrogens is 2. The molecule has 0 saturated carbocycles. The molecule has 2 heterocycles. The summed E-state index contributed by atoms with van der Waals surface area (Å²) >= 11 is 1.31. The highest BCUT2D eigenvalue weighted by Crippen LogP contribution is 2.22. The molecule has 0 bridgehead atoms. The van der Waals surface area contributed by atoms with E-state index in [-0.39, 0.29) is 5.82 Å². The van der Waals surface area contributed by atoms with Crippen LogP contribution in [0.1, 0.15) is 5.82 Å². The van der Waals surface area contributed by atoms with E-state index >= 15 is 0 Å². The van der Waals surface area contributed by atoms with Gasteiger partial charge in [-0.15, -0.1) is 11.3 Å². The number of hydrogen-bond acceptors (Lipinski definition) is 3. The van der Waals surface area contributed by atoms with E-state index in [9.17, 15) is 13.2 Å². The maximum absolute atomic E-state index is 12.0. The first-order chi connectivity index (χ1) is 6.54. The van der Waals surface area contributed by atoms with Crippen LogP contribution in [0, 0.1) is 0 Å². The molecule has 0 unspecified atom stereocenters. The van der Waals surface area contributed by atoms with Gasteiger partial charge >= 0.3 is 6.18 Å². The van der Waals surface area contributed by atoms with Gasteiger partial charge in [0.15, 0.2) is 0 Å². The van der Waals surface area contributed by atoms with E-state index in [1.54, 1.807) is 11.4 Å². The molecule has 2 rings (SSSR count). The molecule has 2 aromatic rings. The lowest BCUT2D eigenvalue weighted by Gasteiger charge is -2.03. The predicted octanol–water partition coefficient (Wildman–Crippen LogP) is 2.80. The molecule has 6 heteroatoms. The van der Waals surface area contributed by atoms with E-state index in [2.05, 4.69) is 9.97 Å². The number of nitrogens with zero attached hydrogens (tertiary/aromatic N) is 2. The monoisotopic (exact) mass is 218 g/mol. The maximum Gasteiger partial charge on any atom is 0.396 e. The van der Waals surface area contributed by atoms with Crippen LogP contribution in [-0.2, 0) is 6.42 Å². The van der Waals surface area contributed by atoms with Crippen molar-refractivity contribution in [2.75, 3.05) is 0 Å². The molecule has 0 aliphatic rings. The number of thiophene rings is 1. The van der Waals surface area contributed by atoms with Gasteiger partial charge in [0, 0.05) is 11.6 Å². The van der Waals surface area contributed by atoms with Gasteiger partial charge in [-0.05, 0) is 11.4 Å². The second-order valence-corrected chi connectivity index (χ2v) is 3.65. The van der Waals surface area contributed by atoms with Crippen LogP contribution in [-0.4, -0.2) is 16.1 Å². The first-order valence-electron chi connectivity index (χ1n) is 3.80. The molecule has 0 spiro atoms. The molecular formula is C8H5F3N2S. The molecule has 0 aliphatic heterocycles. The number of rotatable bonds is 1. The Bertz CT molecular complexity index is 449. The molecule has 0 radical (unpaired) electrons. The summed E-state index contributed by atoms with van der Waals surface area (Å²) < 4.78 is 36.0. The Kier molecular flexibility index (Phi) is 2.14. The first-order valence-corrected chi connectivity index (χ1v) is 4.68. The third-order valence-corrected chi connectivity index (χ3v) is 2.44. The summed E-state index contributed by atoms with van der Waals surface area (Å²) in [5, 5.41) is 2.55. The second kappa shape index (κ2) is 3.20. The van der Waals surface area contributed by atoms with Crippen molar-refractivity contribution in [3.05, 3.63) is 23.5 Å². The Hall–Kier alpha value is -1.17. The minimum Gasteiger partial charge on any atom is -0.240 e. The van der Waals surface area contributed by atoms with Crippen LogP contribution in [0.3, 0.4) is 0 Å². The van der Waals surface area contributed by atoms with Gasteiger partial charge in [-0.2, -0.15) is 13.2 Å². The highest BCUT2D eigenvalue weighted by Gasteiger charge is 2.29. The lowest BCUT2D eigenvalue weighted by atomic mass is 10.3. The van der Waals surface area contributed by atoms with Gasteiger partial charge in [-0.25, -0.2) is 9.97 Å². The van der Waals surface area contributed by atoms with Gasteiger partial charge in [0.25, 0.3) is 0 Å². The van der Waals surface area contributed by atoms with E-state index in [1.165, 1.54) is 17.5 Å². The molecule has 0 N–H and O–H groups in total. The summed E-state index contributed by atoms with van der Waals surface area (Å²) in [6.07, 6.45) is -3.90. The molecule has 0 aromatic carbocycles. The fourth-order valence-electron chi connectivity index (χ4n) is 1.05. The third-order valence-electron chi connectivity index (χ3n) is 1.62. The Balaban J connectivity index is 2.35. The van der Waals surface area contributed by atoms with Gasteiger partial charge in [-0.1, -0.05) is 0 Å². The predicted molar refractivity (Wildman–Crippen MR) is 47.2 cm³/mol. The lowest BCUT2D eigenvalue weighted by molar-refractivity contribution is -0.128. The van der Waals surface area contributed by atoms with Crippen LogP contribution in [0.2, 0.25) is 0 Å². The topological polar surface area (TPSA) is 25.8 Å². The maximum atomic E-state index is 12.0. The van der Waals surface area contributed by atoms with Crippen LogP contribution in [0.5, 0.6) is 0 Å². The summed E-state index contributed by atoms with van der Waals surface area (Å²) in [4.78, 5) is 8.04. The van der Waals surface area contributed by atoms with Crippen molar-refractivity contribution in [2.24, 2.45) is 0 Å². The van der Waals surface area contributed by atoms with Crippen LogP contribution >= 0.6 is 11.3 Å². The Morgan fingerprint density at radius 2 is 2.14 bits per heavy atom. The highest BCUT2D eigenvalue weighted by atomic mass is 32.1. The summed E-state index contributed by atoms with van der Waals surface area (Å²) in [5.74, 6) is -0.174. The molecule has 2 nitrogen and oxygen atoms in total. The molecule has 2 aromatic heterocycles. The Morgan fingerprint density at radius 3 is 2.86 bits per heavy atom. The molecule has 74 valence electrons. The van der Waals surface area contributed by atoms with Crippen molar-refractivity contribution in [3.63, 3.8) is 0 Å². The summed E-state index contributed by atoms with van der Waals surface area (Å²) in [7, 11) is 0. The smallest absolute Gasteiger partial charge is 0.240 e. The molecule has 0 aliphatic carbocycles. The van der Waals surface area contributed by atoms with Crippen molar-refractivity contribution in [3.8, 4) is 0 Å². The Morgan fingerprint density at radius 1 is 1.36 bits per heavy atom. The standard InChI is InChI=1S/C8H5F3N2S/c9-8(10,11)3-6-12-4-5-1-2-14-7(5)13-6/h1-2,4H,3H2. The number of fused-ring (bicyclic) bond motifs is 1. The molecule has 0 atom stereocenters. The van der Waals surface area contributed by atoms with Gasteiger partial charge in [-0.3, -0.25) is 0 Å². The second-order valence-electron chi connectivity index (χ2n) is 2.76. The summed E-state index contributed by atoms with van der Waals surface area (Å²) in [6, 6.07) is 1.78. The average molecular weight is 218 g/mol. The quantitative estimate of drug-likeness (QED) is 0.735. The zero-order valence-corrected chi connectivity index (χ0v) is 7.69. The SMILES string of the molecule is FC(F)(F)Cc1ncc2ccsc2n1. The third kappa shape index (κ3) is 2.01. The summed E-state index contributed by atoms with van der Waals surface area (Å²) in [5.41, 5.74) is 0. The zero-order valence-electron chi connectivity index (χ0n) is 6.88. The molecule has 0 amide bonds. The van der Waals surface area contributed by atoms with Crippen molar-refractivity contribution in [2.45, 2.75) is 12.6 Å². The van der Waals surface area contributed by atoms with E-state index in [1.807, 2.05) is 0 Å². The molecular weight excluding hydrogens is 213 g/mol. The molecule has 0 saturated heterocycles. The van der Waals surface area contributed by atoms with Crippen LogP contribution < -0.4 is 0 Å². The fourth-order valence-corrected chi connectivity index (χ4v) is 1.81. The van der Waals surface area contributed by atoms with E-state index in [0.29, 0.717) is 4.83 Å². The van der Waals surface area contributed by atoms with Crippen molar-refractivity contribution in [1.29, 1.82) is 0 Å². The summed E-state index contributed by atoms with van der Waals surface area (Å²) in [6.45, 7) is 0. The van der Waals surface area contributed by atoms with Gasteiger partial charge in [0.1, 0.15) is 17.1 Å². The Labute approximate surface area is 81.4 Å². The first kappa shape index (κ1) is 9.39. The normalized spacial score (nSPS) is 12.2. The molecule has 0 fully saturated rings. The number of halogens is 3. The van der Waals surface area contributed by atoms with Crippen molar-refractivity contribution in [1.82, 2.24) is 9.97 Å². The zero-order chi connectivity index (χ0) is 10.2. The fraction of sp³-hybridized carbons (Fsp3) is 0.250. The highest BCUT2D eigenvalue weighted by molar-refractivity contribution is 7.16. The largest absolute Gasteiger partial charge is 0.396 e. The van der Waals surface area contributed by atoms with Gasteiger partial charge in [0.05, 0.1) is 0 Å². The van der Waals surface area contributed by atoms with Crippen LogP contribution in [0.15, 0.2) is 17.6 Å². The number of alkyl halides is 3. The van der Waals surface area contributed by atoms with Crippen molar-refractivity contribution < 1.29 is 13.2 Å². The van der Waals surface area contributed by atoms with E-state index < -0.39 is 12.6 Å².